The molecule has 2 aromatic heterocycles. The second-order valence-corrected chi connectivity index (χ2v) is 4.93. The third-order valence-corrected chi connectivity index (χ3v) is 3.40. The van der Waals surface area contributed by atoms with Crippen LogP contribution in [0.5, 0.6) is 0 Å². The fraction of sp³-hybridized carbons (Fsp3) is 0.0833. The number of nitrogen functional groups attached to an aromatic ring is 1. The van der Waals surface area contributed by atoms with Crippen LogP contribution in [-0.2, 0) is 0 Å². The number of nitrogens with one attached hydrogen (secondary N) is 1. The number of anilines is 1. The van der Waals surface area contributed by atoms with Crippen LogP contribution < -0.4 is 5.73 Å². The highest BCUT2D eigenvalue weighted by atomic mass is 32.1. The molecular weight excluding hydrogens is 218 g/mol. The standard InChI is InChI=1S/C12H11N3S/c1-7-15-11(12(13)16-7)9-6-14-10-5-3-2-4-8(9)10/h2-6,14H,13H2,1H3. The van der Waals surface area contributed by atoms with Gasteiger partial charge in [-0.2, -0.15) is 0 Å². The first-order valence-corrected chi connectivity index (χ1v) is 5.87. The van der Waals surface area contributed by atoms with E-state index in [0.29, 0.717) is 0 Å². The number of hydrogen-bond acceptors (Lipinski definition) is 3. The van der Waals surface area contributed by atoms with Gasteiger partial charge in [-0.3, -0.25) is 0 Å². The lowest BCUT2D eigenvalue weighted by Crippen LogP contribution is -1.84. The van der Waals surface area contributed by atoms with Crippen LogP contribution in [0.3, 0.4) is 0 Å². The normalized spacial score (nSPS) is 11.1. The van der Waals surface area contributed by atoms with Gasteiger partial charge in [-0.05, 0) is 13.0 Å². The quantitative estimate of drug-likeness (QED) is 0.673. The molecule has 0 aliphatic heterocycles. The van der Waals surface area contributed by atoms with Crippen LogP contribution >= 0.6 is 11.3 Å². The summed E-state index contributed by atoms with van der Waals surface area (Å²) in [6.07, 6.45) is 1.97. The minimum Gasteiger partial charge on any atom is -0.389 e. The van der Waals surface area contributed by atoms with Gasteiger partial charge in [0, 0.05) is 22.7 Å². The van der Waals surface area contributed by atoms with Gasteiger partial charge in [0.25, 0.3) is 0 Å². The highest BCUT2D eigenvalue weighted by Gasteiger charge is 2.12. The number of rotatable bonds is 1. The summed E-state index contributed by atoms with van der Waals surface area (Å²) in [5.41, 5.74) is 9.05. The number of para-hydroxylation sites is 1. The van der Waals surface area contributed by atoms with E-state index in [9.17, 15) is 0 Å². The first-order valence-electron chi connectivity index (χ1n) is 5.05. The van der Waals surface area contributed by atoms with Gasteiger partial charge in [-0.25, -0.2) is 4.98 Å². The Balaban J connectivity index is 2.30. The molecule has 0 atom stereocenters. The number of thiazole rings is 1. The molecule has 3 aromatic rings. The molecule has 4 heteroatoms. The average molecular weight is 229 g/mol. The van der Waals surface area contributed by atoms with Crippen molar-refractivity contribution < 1.29 is 0 Å². The maximum absolute atomic E-state index is 5.97. The van der Waals surface area contributed by atoms with Crippen molar-refractivity contribution in [2.45, 2.75) is 6.92 Å². The molecule has 3 rings (SSSR count). The minimum absolute atomic E-state index is 0.780. The third kappa shape index (κ3) is 1.31. The average Bonchev–Trinajstić information content (AvgIpc) is 2.81. The first-order chi connectivity index (χ1) is 7.75. The monoisotopic (exact) mass is 229 g/mol. The number of H-pyrrole nitrogens is 1. The molecule has 0 saturated heterocycles. The second-order valence-electron chi connectivity index (χ2n) is 3.69. The molecular formula is C12H11N3S. The molecule has 0 bridgehead atoms. The van der Waals surface area contributed by atoms with Gasteiger partial charge in [0.15, 0.2) is 0 Å². The van der Waals surface area contributed by atoms with E-state index in [1.54, 1.807) is 0 Å². The highest BCUT2D eigenvalue weighted by molar-refractivity contribution is 7.16. The van der Waals surface area contributed by atoms with E-state index in [1.165, 1.54) is 16.7 Å². The Morgan fingerprint density at radius 3 is 2.88 bits per heavy atom. The zero-order valence-electron chi connectivity index (χ0n) is 8.82. The molecule has 0 fully saturated rings. The van der Waals surface area contributed by atoms with E-state index in [-0.39, 0.29) is 0 Å². The molecule has 0 saturated carbocycles. The third-order valence-electron chi connectivity index (χ3n) is 2.60. The summed E-state index contributed by atoms with van der Waals surface area (Å²) < 4.78 is 0. The summed E-state index contributed by atoms with van der Waals surface area (Å²) in [4.78, 5) is 7.71. The number of nitrogens with two attached hydrogens (primary N) is 1. The Kier molecular flexibility index (Phi) is 1.97. The highest BCUT2D eigenvalue weighted by Crippen LogP contribution is 2.34. The van der Waals surface area contributed by atoms with E-state index < -0.39 is 0 Å². The molecule has 0 spiro atoms. The number of aryl methyl sites for hydroxylation is 1. The van der Waals surface area contributed by atoms with E-state index in [0.717, 1.165) is 26.8 Å². The van der Waals surface area contributed by atoms with Gasteiger partial charge < -0.3 is 10.7 Å². The number of nitrogens with zero attached hydrogens (tertiary/aromatic N) is 1. The predicted octanol–water partition coefficient (Wildman–Crippen LogP) is 3.18. The largest absolute Gasteiger partial charge is 0.389 e. The summed E-state index contributed by atoms with van der Waals surface area (Å²) >= 11 is 1.53. The lowest BCUT2D eigenvalue weighted by molar-refractivity contribution is 1.30. The molecule has 3 nitrogen and oxygen atoms in total. The van der Waals surface area contributed by atoms with Gasteiger partial charge >= 0.3 is 0 Å². The number of aromatic amines is 1. The van der Waals surface area contributed by atoms with Crippen LogP contribution in [0.1, 0.15) is 5.01 Å². The van der Waals surface area contributed by atoms with Gasteiger partial charge in [-0.1, -0.05) is 18.2 Å². The topological polar surface area (TPSA) is 54.7 Å². The number of hydrogen-bond donors (Lipinski definition) is 2. The SMILES string of the molecule is Cc1nc(-c2c[nH]c3ccccc23)c(N)s1. The van der Waals surface area contributed by atoms with Crippen LogP contribution in [0.4, 0.5) is 5.00 Å². The fourth-order valence-corrected chi connectivity index (χ4v) is 2.61. The van der Waals surface area contributed by atoms with Gasteiger partial charge in [0.2, 0.25) is 0 Å². The van der Waals surface area contributed by atoms with Crippen molar-refractivity contribution in [1.29, 1.82) is 0 Å². The summed E-state index contributed by atoms with van der Waals surface area (Å²) in [6, 6.07) is 8.16. The van der Waals surface area contributed by atoms with Crippen molar-refractivity contribution in [2.75, 3.05) is 5.73 Å². The molecule has 16 heavy (non-hydrogen) atoms. The predicted molar refractivity (Wildman–Crippen MR) is 68.6 cm³/mol. The molecule has 80 valence electrons. The molecule has 0 unspecified atom stereocenters. The summed E-state index contributed by atoms with van der Waals surface area (Å²) in [7, 11) is 0. The fourth-order valence-electron chi connectivity index (χ4n) is 1.90. The first kappa shape index (κ1) is 9.42. The molecule has 0 radical (unpaired) electrons. The Morgan fingerprint density at radius 1 is 1.31 bits per heavy atom. The molecule has 0 aliphatic rings. The van der Waals surface area contributed by atoms with Gasteiger partial charge in [0.05, 0.1) is 5.01 Å². The van der Waals surface area contributed by atoms with Crippen LogP contribution in [0.25, 0.3) is 22.2 Å². The molecule has 0 aliphatic carbocycles. The van der Waals surface area contributed by atoms with Crippen molar-refractivity contribution in [3.63, 3.8) is 0 Å². The maximum Gasteiger partial charge on any atom is 0.114 e. The van der Waals surface area contributed by atoms with Crippen molar-refractivity contribution in [1.82, 2.24) is 9.97 Å². The van der Waals surface area contributed by atoms with Crippen molar-refractivity contribution >= 4 is 27.2 Å². The minimum atomic E-state index is 0.780. The Morgan fingerprint density at radius 2 is 2.12 bits per heavy atom. The number of aromatic nitrogens is 2. The molecule has 1 aromatic carbocycles. The zero-order valence-corrected chi connectivity index (χ0v) is 9.64. The smallest absolute Gasteiger partial charge is 0.114 e. The number of fused-ring (bicyclic) bond motifs is 1. The summed E-state index contributed by atoms with van der Waals surface area (Å²) in [5.74, 6) is 0. The van der Waals surface area contributed by atoms with E-state index in [4.69, 9.17) is 5.73 Å². The Labute approximate surface area is 96.9 Å². The Bertz CT molecular complexity index is 651. The van der Waals surface area contributed by atoms with E-state index in [2.05, 4.69) is 16.0 Å². The van der Waals surface area contributed by atoms with Crippen LogP contribution in [0.2, 0.25) is 0 Å². The molecule has 0 amide bonds. The van der Waals surface area contributed by atoms with Crippen LogP contribution in [0, 0.1) is 6.92 Å². The lowest BCUT2D eigenvalue weighted by atomic mass is 10.1. The van der Waals surface area contributed by atoms with Crippen molar-refractivity contribution in [3.05, 3.63) is 35.5 Å². The van der Waals surface area contributed by atoms with Gasteiger partial charge in [-0.15, -0.1) is 11.3 Å². The van der Waals surface area contributed by atoms with Crippen LogP contribution in [0.15, 0.2) is 30.5 Å². The van der Waals surface area contributed by atoms with Gasteiger partial charge in [0.1, 0.15) is 10.7 Å². The van der Waals surface area contributed by atoms with E-state index >= 15 is 0 Å². The lowest BCUT2D eigenvalue weighted by Gasteiger charge is -1.95. The second kappa shape index (κ2) is 3.35. The van der Waals surface area contributed by atoms with E-state index in [1.807, 2.05) is 31.3 Å². The van der Waals surface area contributed by atoms with Crippen molar-refractivity contribution in [3.8, 4) is 11.3 Å². The molecule has 3 N–H and O–H groups in total. The van der Waals surface area contributed by atoms with Crippen molar-refractivity contribution in [2.24, 2.45) is 0 Å². The zero-order chi connectivity index (χ0) is 11.1. The molecule has 2 heterocycles. The Hall–Kier alpha value is -1.81. The number of benzene rings is 1. The van der Waals surface area contributed by atoms with Crippen LogP contribution in [-0.4, -0.2) is 9.97 Å². The summed E-state index contributed by atoms with van der Waals surface area (Å²) in [6.45, 7) is 1.97. The maximum atomic E-state index is 5.97. The summed E-state index contributed by atoms with van der Waals surface area (Å²) in [5, 5.41) is 2.94.